The summed E-state index contributed by atoms with van der Waals surface area (Å²) in [4.78, 5) is 36.3. The maximum absolute atomic E-state index is 12.6. The van der Waals surface area contributed by atoms with Gasteiger partial charge < -0.3 is 15.3 Å². The number of nitrogens with one attached hydrogen (secondary N) is 1. The lowest BCUT2D eigenvalue weighted by molar-refractivity contribution is -0.176. The van der Waals surface area contributed by atoms with Crippen molar-refractivity contribution in [2.75, 3.05) is 6.54 Å². The molecule has 2 fully saturated rings. The molecule has 2 amide bonds. The van der Waals surface area contributed by atoms with E-state index < -0.39 is 41.5 Å². The average molecular weight is 336 g/mol. The molecule has 4 atom stereocenters. The van der Waals surface area contributed by atoms with Crippen molar-refractivity contribution in [1.29, 1.82) is 0 Å². The van der Waals surface area contributed by atoms with Crippen LogP contribution in [0.3, 0.4) is 0 Å². The van der Waals surface area contributed by atoms with Gasteiger partial charge in [0.1, 0.15) is 12.1 Å². The minimum Gasteiger partial charge on any atom is -0.480 e. The molecule has 1 unspecified atom stereocenters. The number of nitrogens with zero attached hydrogens (tertiary/aromatic N) is 1. The highest BCUT2D eigenvalue weighted by Crippen LogP contribution is 2.50. The molecule has 1 saturated carbocycles. The first-order valence-corrected chi connectivity index (χ1v) is 7.25. The summed E-state index contributed by atoms with van der Waals surface area (Å²) < 4.78 is 37.4. The van der Waals surface area contributed by atoms with E-state index in [9.17, 15) is 32.7 Å². The Morgan fingerprint density at radius 2 is 1.78 bits per heavy atom. The summed E-state index contributed by atoms with van der Waals surface area (Å²) in [7, 11) is 0. The number of hydrogen-bond acceptors (Lipinski definition) is 3. The smallest absolute Gasteiger partial charge is 0.471 e. The minimum absolute atomic E-state index is 0.0824. The van der Waals surface area contributed by atoms with Crippen LogP contribution in [0.1, 0.15) is 27.2 Å². The fraction of sp³-hybridized carbons (Fsp3) is 0.786. The van der Waals surface area contributed by atoms with Gasteiger partial charge in [0.05, 0.1) is 0 Å². The van der Waals surface area contributed by atoms with E-state index in [0.29, 0.717) is 6.42 Å². The van der Waals surface area contributed by atoms with Crippen LogP contribution in [0.2, 0.25) is 0 Å². The first-order valence-electron chi connectivity index (χ1n) is 7.25. The van der Waals surface area contributed by atoms with E-state index in [4.69, 9.17) is 0 Å². The molecule has 9 heteroatoms. The normalized spacial score (nSPS) is 28.1. The van der Waals surface area contributed by atoms with Crippen LogP contribution in [0.4, 0.5) is 13.2 Å². The van der Waals surface area contributed by atoms with Gasteiger partial charge in [-0.2, -0.15) is 13.2 Å². The number of hydrogen-bond donors (Lipinski definition) is 2. The largest absolute Gasteiger partial charge is 0.480 e. The van der Waals surface area contributed by atoms with Crippen molar-refractivity contribution in [1.82, 2.24) is 10.2 Å². The van der Waals surface area contributed by atoms with Crippen molar-refractivity contribution in [3.63, 3.8) is 0 Å². The van der Waals surface area contributed by atoms with Gasteiger partial charge in [-0.05, 0) is 23.7 Å². The predicted octanol–water partition coefficient (Wildman–Crippen LogP) is 1.01. The number of aliphatic carboxylic acids is 1. The minimum atomic E-state index is -5.11. The van der Waals surface area contributed by atoms with Gasteiger partial charge in [-0.1, -0.05) is 20.8 Å². The summed E-state index contributed by atoms with van der Waals surface area (Å²) in [5.41, 5.74) is -0.992. The van der Waals surface area contributed by atoms with E-state index >= 15 is 0 Å². The number of amides is 2. The number of piperidine rings is 1. The summed E-state index contributed by atoms with van der Waals surface area (Å²) in [6, 6.07) is -2.48. The summed E-state index contributed by atoms with van der Waals surface area (Å²) in [6.45, 7) is 4.74. The SMILES string of the molecule is CC(C)(C)C(NC(=O)C(F)(F)F)C(=O)N1C[C@@H]2C[C@@H]2[C@H]1C(=O)O. The fourth-order valence-electron chi connectivity index (χ4n) is 3.04. The van der Waals surface area contributed by atoms with Crippen molar-refractivity contribution in [3.05, 3.63) is 0 Å². The molecule has 0 aromatic rings. The highest BCUT2D eigenvalue weighted by atomic mass is 19.4. The Labute approximate surface area is 131 Å². The summed E-state index contributed by atoms with van der Waals surface area (Å²) in [6.07, 6.45) is -4.40. The Morgan fingerprint density at radius 3 is 2.22 bits per heavy atom. The Hall–Kier alpha value is -1.80. The number of carboxylic acid groups (broad SMARTS) is 1. The van der Waals surface area contributed by atoms with Crippen LogP contribution in [-0.4, -0.2) is 52.6 Å². The summed E-state index contributed by atoms with van der Waals surface area (Å²) >= 11 is 0. The third-order valence-electron chi connectivity index (χ3n) is 4.33. The second kappa shape index (κ2) is 5.38. The molecule has 2 N–H and O–H groups in total. The lowest BCUT2D eigenvalue weighted by Gasteiger charge is -2.35. The second-order valence-electron chi connectivity index (χ2n) is 7.20. The molecule has 0 bridgehead atoms. The number of carboxylic acids is 1. The van der Waals surface area contributed by atoms with Crippen LogP contribution in [0.25, 0.3) is 0 Å². The molecule has 6 nitrogen and oxygen atoms in total. The van der Waals surface area contributed by atoms with Gasteiger partial charge in [0, 0.05) is 6.54 Å². The molecule has 130 valence electrons. The third kappa shape index (κ3) is 3.42. The van der Waals surface area contributed by atoms with E-state index in [1.807, 2.05) is 0 Å². The van der Waals surface area contributed by atoms with Crippen LogP contribution in [-0.2, 0) is 14.4 Å². The van der Waals surface area contributed by atoms with Crippen LogP contribution in [0, 0.1) is 17.3 Å². The highest BCUT2D eigenvalue weighted by molar-refractivity contribution is 5.93. The van der Waals surface area contributed by atoms with E-state index in [1.54, 1.807) is 5.32 Å². The zero-order valence-electron chi connectivity index (χ0n) is 13.0. The van der Waals surface area contributed by atoms with Gasteiger partial charge in [-0.3, -0.25) is 9.59 Å². The number of carbonyl (C=O) groups is 3. The molecule has 0 aromatic heterocycles. The van der Waals surface area contributed by atoms with Gasteiger partial charge >= 0.3 is 18.1 Å². The fourth-order valence-corrected chi connectivity index (χ4v) is 3.04. The number of fused-ring (bicyclic) bond motifs is 1. The zero-order chi connectivity index (χ0) is 17.7. The Kier molecular flexibility index (Phi) is 4.11. The van der Waals surface area contributed by atoms with E-state index in [0.717, 1.165) is 4.90 Å². The molecule has 1 saturated heterocycles. The molecule has 2 rings (SSSR count). The standard InChI is InChI=1S/C14H19F3N2O4/c1-13(2,3)9(18-12(23)14(15,16)17)10(20)19-5-6-4-7(6)8(19)11(21)22/h6-9H,4-5H2,1-3H3,(H,18,23)(H,21,22)/t6-,7-,8-,9?/m0/s1. The van der Waals surface area contributed by atoms with Crippen LogP contribution in [0.5, 0.6) is 0 Å². The van der Waals surface area contributed by atoms with Crippen molar-refractivity contribution in [3.8, 4) is 0 Å². The molecule has 23 heavy (non-hydrogen) atoms. The number of carbonyl (C=O) groups excluding carboxylic acids is 2. The monoisotopic (exact) mass is 336 g/mol. The Balaban J connectivity index is 2.21. The van der Waals surface area contributed by atoms with Crippen LogP contribution in [0.15, 0.2) is 0 Å². The first kappa shape index (κ1) is 17.6. The average Bonchev–Trinajstić information content (AvgIpc) is 3.02. The lowest BCUT2D eigenvalue weighted by atomic mass is 9.85. The number of likely N-dealkylation sites (tertiary alicyclic amines) is 1. The molecular formula is C14H19F3N2O4. The summed E-state index contributed by atoms with van der Waals surface area (Å²) in [5, 5.41) is 11.0. The van der Waals surface area contributed by atoms with E-state index in [2.05, 4.69) is 0 Å². The molecule has 1 aliphatic carbocycles. The van der Waals surface area contributed by atoms with E-state index in [-0.39, 0.29) is 18.4 Å². The van der Waals surface area contributed by atoms with E-state index in [1.165, 1.54) is 20.8 Å². The van der Waals surface area contributed by atoms with Crippen LogP contribution < -0.4 is 5.32 Å². The van der Waals surface area contributed by atoms with Crippen LogP contribution >= 0.6 is 0 Å². The first-order chi connectivity index (χ1) is 10.3. The Morgan fingerprint density at radius 1 is 1.22 bits per heavy atom. The zero-order valence-corrected chi connectivity index (χ0v) is 13.0. The molecule has 1 heterocycles. The number of rotatable bonds is 3. The number of alkyl halides is 3. The van der Waals surface area contributed by atoms with Gasteiger partial charge in [-0.15, -0.1) is 0 Å². The van der Waals surface area contributed by atoms with Gasteiger partial charge in [-0.25, -0.2) is 4.79 Å². The quantitative estimate of drug-likeness (QED) is 0.805. The lowest BCUT2D eigenvalue weighted by Crippen LogP contribution is -2.59. The highest BCUT2D eigenvalue weighted by Gasteiger charge is 2.58. The van der Waals surface area contributed by atoms with Crippen molar-refractivity contribution in [2.45, 2.75) is 45.5 Å². The molecule has 1 aliphatic heterocycles. The van der Waals surface area contributed by atoms with Gasteiger partial charge in [0.2, 0.25) is 5.91 Å². The maximum atomic E-state index is 12.6. The summed E-state index contributed by atoms with van der Waals surface area (Å²) in [5.74, 6) is -4.22. The van der Waals surface area contributed by atoms with Crippen molar-refractivity contribution < 1.29 is 32.7 Å². The second-order valence-corrected chi connectivity index (χ2v) is 7.20. The van der Waals surface area contributed by atoms with Crippen molar-refractivity contribution in [2.24, 2.45) is 17.3 Å². The van der Waals surface area contributed by atoms with Crippen molar-refractivity contribution >= 4 is 17.8 Å². The molecular weight excluding hydrogens is 317 g/mol. The Bertz CT molecular complexity index is 541. The van der Waals surface area contributed by atoms with Gasteiger partial charge in [0.15, 0.2) is 0 Å². The molecule has 0 spiro atoms. The molecule has 2 aliphatic rings. The molecule has 0 radical (unpaired) electrons. The topological polar surface area (TPSA) is 86.7 Å². The number of halogens is 3. The molecule has 0 aromatic carbocycles. The predicted molar refractivity (Wildman–Crippen MR) is 72.2 cm³/mol. The third-order valence-corrected chi connectivity index (χ3v) is 4.33. The maximum Gasteiger partial charge on any atom is 0.471 e. The van der Waals surface area contributed by atoms with Gasteiger partial charge in [0.25, 0.3) is 0 Å².